The van der Waals surface area contributed by atoms with Crippen molar-refractivity contribution in [2.75, 3.05) is 12.3 Å². The Bertz CT molecular complexity index is 1570. The van der Waals surface area contributed by atoms with Crippen LogP contribution in [-0.2, 0) is 25.6 Å². The van der Waals surface area contributed by atoms with Crippen molar-refractivity contribution in [2.45, 2.75) is 65.0 Å². The van der Waals surface area contributed by atoms with Crippen molar-refractivity contribution >= 4 is 46.9 Å². The van der Waals surface area contributed by atoms with E-state index < -0.39 is 57.9 Å². The normalized spacial score (nSPS) is 13.7. The van der Waals surface area contributed by atoms with Crippen LogP contribution in [0.15, 0.2) is 48.6 Å². The molecule has 47 heavy (non-hydrogen) atoms. The zero-order valence-electron chi connectivity index (χ0n) is 26.2. The number of unbranched alkanes of at least 4 members (excludes halogenated alkanes) is 2. The molecule has 250 valence electrons. The molecule has 0 bridgehead atoms. The summed E-state index contributed by atoms with van der Waals surface area (Å²) in [5.74, 6) is -3.43. The van der Waals surface area contributed by atoms with E-state index in [2.05, 4.69) is 10.6 Å². The first-order valence-electron chi connectivity index (χ1n) is 14.9. The third kappa shape index (κ3) is 9.69. The zero-order chi connectivity index (χ0) is 34.8. The molecule has 1 heterocycles. The molecule has 2 unspecified atom stereocenters. The van der Waals surface area contributed by atoms with Crippen LogP contribution in [0.1, 0.15) is 67.9 Å². The van der Waals surface area contributed by atoms with Crippen LogP contribution < -0.4 is 21.1 Å². The summed E-state index contributed by atoms with van der Waals surface area (Å²) in [7, 11) is 0. The Morgan fingerprint density at radius 2 is 1.60 bits per heavy atom. The van der Waals surface area contributed by atoms with Crippen LogP contribution in [0.5, 0.6) is 5.75 Å². The van der Waals surface area contributed by atoms with Gasteiger partial charge in [0.1, 0.15) is 17.4 Å². The number of hydrogen-bond acceptors (Lipinski definition) is 10. The summed E-state index contributed by atoms with van der Waals surface area (Å²) in [5, 5.41) is 26.5. The van der Waals surface area contributed by atoms with Gasteiger partial charge in [-0.15, -0.1) is 0 Å². The fourth-order valence-corrected chi connectivity index (χ4v) is 5.00. The van der Waals surface area contributed by atoms with Crippen molar-refractivity contribution in [1.29, 1.82) is 0 Å². The zero-order valence-corrected chi connectivity index (χ0v) is 26.2. The molecule has 0 radical (unpaired) electrons. The lowest BCUT2D eigenvalue weighted by molar-refractivity contribution is -0.385. The number of amides is 4. The number of anilines is 1. The largest absolute Gasteiger partial charge is 0.511 e. The second-order valence-corrected chi connectivity index (χ2v) is 11.3. The van der Waals surface area contributed by atoms with E-state index in [-0.39, 0.29) is 42.5 Å². The number of benzene rings is 2. The Balaban J connectivity index is 1.73. The topological polar surface area (TPSA) is 228 Å². The van der Waals surface area contributed by atoms with Gasteiger partial charge in [0.05, 0.1) is 11.0 Å². The lowest BCUT2D eigenvalue weighted by Gasteiger charge is -2.24. The highest BCUT2D eigenvalue weighted by Gasteiger charge is 2.33. The molecule has 2 atom stereocenters. The second-order valence-electron chi connectivity index (χ2n) is 11.3. The number of nitrogens with two attached hydrogens (primary N) is 1. The van der Waals surface area contributed by atoms with Gasteiger partial charge in [0.25, 0.3) is 17.5 Å². The Labute approximate surface area is 270 Å². The van der Waals surface area contributed by atoms with Crippen LogP contribution in [0.4, 0.5) is 16.2 Å². The molecule has 1 aliphatic heterocycles. The van der Waals surface area contributed by atoms with Gasteiger partial charge in [-0.05, 0) is 49.4 Å². The summed E-state index contributed by atoms with van der Waals surface area (Å²) >= 11 is 0. The number of carbonyl (C=O) groups is 6. The van der Waals surface area contributed by atoms with Crippen molar-refractivity contribution in [1.82, 2.24) is 15.5 Å². The number of ether oxygens (including phenoxy) is 1. The van der Waals surface area contributed by atoms with Crippen LogP contribution in [0.2, 0.25) is 0 Å². The van der Waals surface area contributed by atoms with E-state index in [9.17, 15) is 44.0 Å². The minimum Gasteiger partial charge on any atom is -0.449 e. The first kappa shape index (κ1) is 35.9. The fourth-order valence-electron chi connectivity index (χ4n) is 5.00. The number of nitrogens with one attached hydrogen (secondary N) is 2. The molecular weight excluding hydrogens is 614 g/mol. The smallest absolute Gasteiger partial charge is 0.449 e. The van der Waals surface area contributed by atoms with Gasteiger partial charge >= 0.3 is 6.16 Å². The maximum Gasteiger partial charge on any atom is 0.511 e. The molecule has 0 fully saturated rings. The van der Waals surface area contributed by atoms with Crippen molar-refractivity contribution in [3.05, 3.63) is 75.4 Å². The molecule has 1 aliphatic rings. The molecule has 15 heteroatoms. The Hall–Kier alpha value is -5.60. The Morgan fingerprint density at radius 1 is 0.957 bits per heavy atom. The average Bonchev–Trinajstić information content (AvgIpc) is 3.32. The summed E-state index contributed by atoms with van der Waals surface area (Å²) in [5.41, 5.74) is 5.64. The van der Waals surface area contributed by atoms with Gasteiger partial charge < -0.3 is 26.2 Å². The van der Waals surface area contributed by atoms with E-state index in [1.807, 2.05) is 0 Å². The maximum atomic E-state index is 13.8. The minimum absolute atomic E-state index is 0.0686. The number of imide groups is 1. The maximum absolute atomic E-state index is 13.8. The molecule has 0 saturated heterocycles. The van der Waals surface area contributed by atoms with Gasteiger partial charge in [-0.25, -0.2) is 4.79 Å². The van der Waals surface area contributed by atoms with Crippen LogP contribution in [0.3, 0.4) is 0 Å². The lowest BCUT2D eigenvalue weighted by atomic mass is 9.92. The summed E-state index contributed by atoms with van der Waals surface area (Å²) < 4.78 is 4.87. The molecule has 2 aromatic rings. The number of carboxylic acid groups (broad SMARTS) is 1. The summed E-state index contributed by atoms with van der Waals surface area (Å²) in [6.45, 7) is 4.95. The molecular formula is C32H37N5O10. The van der Waals surface area contributed by atoms with Crippen LogP contribution in [-0.4, -0.2) is 69.1 Å². The Kier molecular flexibility index (Phi) is 12.3. The molecule has 15 nitrogen and oxygen atoms in total. The van der Waals surface area contributed by atoms with Crippen LogP contribution >= 0.6 is 0 Å². The number of rotatable bonds is 16. The summed E-state index contributed by atoms with van der Waals surface area (Å²) in [6.07, 6.45) is 2.15. The van der Waals surface area contributed by atoms with Gasteiger partial charge in [0, 0.05) is 48.9 Å². The summed E-state index contributed by atoms with van der Waals surface area (Å²) in [4.78, 5) is 86.8. The van der Waals surface area contributed by atoms with Gasteiger partial charge in [-0.2, -0.15) is 0 Å². The van der Waals surface area contributed by atoms with E-state index in [0.717, 1.165) is 17.0 Å². The quantitative estimate of drug-likeness (QED) is 0.0301. The van der Waals surface area contributed by atoms with Crippen molar-refractivity contribution in [2.24, 2.45) is 5.92 Å². The van der Waals surface area contributed by atoms with Crippen LogP contribution in [0, 0.1) is 16.0 Å². The standard InChI is InChI=1S/C32H37N5O10/c1-18(2)29(35-25(38)7-5-4-6-16-36-26(39)14-15-27(36)40)31(42)34-19(3)30(41)28-22(17-20-8-10-21(33)11-9-20)24(47-32(43)44)13-12-23(28)37(45)46/h8-15,18-19,29H,4-7,16-17,33H2,1-3H3,(H,34,42)(H,35,38)(H,43,44). The minimum atomic E-state index is -1.69. The van der Waals surface area contributed by atoms with E-state index in [1.165, 1.54) is 19.1 Å². The number of carbonyl (C=O) groups excluding carboxylic acids is 5. The second kappa shape index (κ2) is 16.1. The Morgan fingerprint density at radius 3 is 2.17 bits per heavy atom. The predicted molar refractivity (Wildman–Crippen MR) is 168 cm³/mol. The number of nitro groups is 1. The number of nitrogens with zero attached hydrogens (tertiary/aromatic N) is 2. The fraction of sp³-hybridized carbons (Fsp3) is 0.375. The molecule has 0 saturated carbocycles. The molecule has 4 amide bonds. The van der Waals surface area contributed by atoms with Crippen LogP contribution in [0.25, 0.3) is 0 Å². The van der Waals surface area contributed by atoms with Gasteiger partial charge in [-0.1, -0.05) is 32.4 Å². The van der Waals surface area contributed by atoms with Gasteiger partial charge in [0.2, 0.25) is 11.8 Å². The summed E-state index contributed by atoms with van der Waals surface area (Å²) in [6, 6.07) is 6.05. The van der Waals surface area contributed by atoms with Gasteiger partial charge in [0.15, 0.2) is 5.78 Å². The first-order valence-corrected chi connectivity index (χ1v) is 14.9. The third-order valence-electron chi connectivity index (χ3n) is 7.45. The first-order chi connectivity index (χ1) is 22.2. The highest BCUT2D eigenvalue weighted by atomic mass is 16.7. The van der Waals surface area contributed by atoms with E-state index in [4.69, 9.17) is 10.5 Å². The molecule has 2 aromatic carbocycles. The molecule has 0 spiro atoms. The van der Waals surface area contributed by atoms with Gasteiger partial charge in [-0.3, -0.25) is 39.0 Å². The SMILES string of the molecule is CC(NC(=O)C(NC(=O)CCCCCN1C(=O)C=CC1=O)C(C)C)C(=O)c1c([N+](=O)[O-])ccc(OC(=O)O)c1Cc1ccc(N)cc1. The number of ketones is 1. The number of nitro benzene ring substituents is 1. The average molecular weight is 652 g/mol. The molecule has 3 rings (SSSR count). The predicted octanol–water partition coefficient (Wildman–Crippen LogP) is 3.14. The number of nitrogen functional groups attached to an aromatic ring is 1. The van der Waals surface area contributed by atoms with E-state index >= 15 is 0 Å². The van der Waals surface area contributed by atoms with Crippen molar-refractivity contribution in [3.63, 3.8) is 0 Å². The number of hydrogen-bond donors (Lipinski definition) is 4. The van der Waals surface area contributed by atoms with Crippen molar-refractivity contribution < 1.29 is 43.5 Å². The number of Topliss-reactive ketones (excluding diaryl/α,β-unsaturated/α-hetero) is 1. The molecule has 5 N–H and O–H groups in total. The highest BCUT2D eigenvalue weighted by molar-refractivity contribution is 6.12. The van der Waals surface area contributed by atoms with E-state index in [1.54, 1.807) is 38.1 Å². The molecule has 0 aromatic heterocycles. The third-order valence-corrected chi connectivity index (χ3v) is 7.45. The monoisotopic (exact) mass is 651 g/mol. The highest BCUT2D eigenvalue weighted by Crippen LogP contribution is 2.34. The van der Waals surface area contributed by atoms with E-state index in [0.29, 0.717) is 30.5 Å². The van der Waals surface area contributed by atoms with Crippen molar-refractivity contribution in [3.8, 4) is 5.75 Å². The lowest BCUT2D eigenvalue weighted by Crippen LogP contribution is -2.53. The molecule has 0 aliphatic carbocycles.